The summed E-state index contributed by atoms with van der Waals surface area (Å²) in [6, 6.07) is 15.8. The molecule has 1 unspecified atom stereocenters. The normalized spacial score (nSPS) is 17.0. The first-order chi connectivity index (χ1) is 12.5. The van der Waals surface area contributed by atoms with E-state index in [-0.39, 0.29) is 24.4 Å². The van der Waals surface area contributed by atoms with Crippen molar-refractivity contribution < 1.29 is 9.59 Å². The van der Waals surface area contributed by atoms with Crippen molar-refractivity contribution in [2.45, 2.75) is 38.6 Å². The molecule has 3 rings (SSSR count). The quantitative estimate of drug-likeness (QED) is 0.876. The van der Waals surface area contributed by atoms with Gasteiger partial charge in [-0.15, -0.1) is 0 Å². The van der Waals surface area contributed by atoms with Crippen LogP contribution in [0.2, 0.25) is 0 Å². The predicted octanol–water partition coefficient (Wildman–Crippen LogP) is 3.92. The molecular formula is C21H25N3O2. The summed E-state index contributed by atoms with van der Waals surface area (Å²) in [6.07, 6.45) is 3.02. The number of aryl methyl sites for hydroxylation is 1. The molecule has 1 aliphatic rings. The van der Waals surface area contributed by atoms with Gasteiger partial charge in [-0.3, -0.25) is 4.79 Å². The number of carbonyl (C=O) groups is 2. The van der Waals surface area contributed by atoms with E-state index in [2.05, 4.69) is 24.4 Å². The summed E-state index contributed by atoms with van der Waals surface area (Å²) in [7, 11) is 0. The van der Waals surface area contributed by atoms with E-state index >= 15 is 0 Å². The molecule has 5 heteroatoms. The molecule has 26 heavy (non-hydrogen) atoms. The zero-order valence-corrected chi connectivity index (χ0v) is 15.1. The van der Waals surface area contributed by atoms with Crippen LogP contribution in [0, 0.1) is 6.92 Å². The van der Waals surface area contributed by atoms with E-state index in [1.165, 1.54) is 11.1 Å². The summed E-state index contributed by atoms with van der Waals surface area (Å²) in [5.74, 6) is -0.364. The number of benzene rings is 2. The lowest BCUT2D eigenvalue weighted by atomic mass is 9.99. The largest absolute Gasteiger partial charge is 0.370 e. The maximum absolute atomic E-state index is 12.6. The zero-order valence-electron chi connectivity index (χ0n) is 15.1. The lowest BCUT2D eigenvalue weighted by Gasteiger charge is -2.35. The number of likely N-dealkylation sites (tertiary alicyclic amines) is 1. The van der Waals surface area contributed by atoms with Gasteiger partial charge in [0.05, 0.1) is 0 Å². The molecule has 3 N–H and O–H groups in total. The molecule has 1 fully saturated rings. The number of carbonyl (C=O) groups excluding carboxylic acids is 2. The highest BCUT2D eigenvalue weighted by Gasteiger charge is 2.27. The molecule has 0 bridgehead atoms. The molecule has 0 saturated carbocycles. The fourth-order valence-corrected chi connectivity index (χ4v) is 3.54. The van der Waals surface area contributed by atoms with E-state index in [0.29, 0.717) is 6.54 Å². The predicted molar refractivity (Wildman–Crippen MR) is 104 cm³/mol. The highest BCUT2D eigenvalue weighted by Crippen LogP contribution is 2.25. The average molecular weight is 351 g/mol. The molecule has 0 radical (unpaired) electrons. The minimum absolute atomic E-state index is 0.104. The second-order valence-electron chi connectivity index (χ2n) is 6.84. The Morgan fingerprint density at radius 3 is 2.54 bits per heavy atom. The first kappa shape index (κ1) is 18.0. The molecule has 1 heterocycles. The van der Waals surface area contributed by atoms with Crippen LogP contribution in [0.5, 0.6) is 0 Å². The van der Waals surface area contributed by atoms with Gasteiger partial charge in [0, 0.05) is 24.7 Å². The van der Waals surface area contributed by atoms with E-state index in [1.54, 1.807) is 4.90 Å². The molecule has 136 valence electrons. The molecule has 5 nitrogen and oxygen atoms in total. The first-order valence-electron chi connectivity index (χ1n) is 9.06. The number of amides is 3. The van der Waals surface area contributed by atoms with Gasteiger partial charge in [-0.2, -0.15) is 0 Å². The number of nitrogens with two attached hydrogens (primary N) is 1. The Morgan fingerprint density at radius 1 is 1.12 bits per heavy atom. The van der Waals surface area contributed by atoms with Crippen LogP contribution < -0.4 is 11.1 Å². The molecule has 1 atom stereocenters. The number of anilines is 1. The van der Waals surface area contributed by atoms with Crippen LogP contribution in [-0.4, -0.2) is 29.4 Å². The fourth-order valence-electron chi connectivity index (χ4n) is 3.54. The van der Waals surface area contributed by atoms with Crippen molar-refractivity contribution in [3.63, 3.8) is 0 Å². The number of nitrogens with one attached hydrogen (secondary N) is 1. The van der Waals surface area contributed by atoms with Gasteiger partial charge in [-0.05, 0) is 55.0 Å². The summed E-state index contributed by atoms with van der Waals surface area (Å²) in [5.41, 5.74) is 9.59. The third-order valence-corrected chi connectivity index (χ3v) is 4.92. The number of primary amides is 1. The van der Waals surface area contributed by atoms with Gasteiger partial charge >= 0.3 is 6.03 Å². The maximum atomic E-state index is 12.6. The lowest BCUT2D eigenvalue weighted by Crippen LogP contribution is -2.47. The van der Waals surface area contributed by atoms with E-state index < -0.39 is 0 Å². The summed E-state index contributed by atoms with van der Waals surface area (Å²) in [4.78, 5) is 25.6. The van der Waals surface area contributed by atoms with Crippen LogP contribution in [0.3, 0.4) is 0 Å². The van der Waals surface area contributed by atoms with Gasteiger partial charge in [0.2, 0.25) is 5.91 Å². The highest BCUT2D eigenvalue weighted by atomic mass is 16.2. The van der Waals surface area contributed by atoms with E-state index in [1.807, 2.05) is 36.4 Å². The molecule has 0 spiro atoms. The third kappa shape index (κ3) is 4.23. The Kier molecular flexibility index (Phi) is 5.56. The van der Waals surface area contributed by atoms with Crippen LogP contribution in [0.1, 0.15) is 31.2 Å². The standard InChI is InChI=1S/C21H25N3O2/c1-15-6-2-3-8-19(15)16-9-11-17(12-10-16)23-21(26)24-13-5-4-7-18(24)14-20(22)25/h2-3,6,8-12,18H,4-5,7,13-14H2,1H3,(H2,22,25)(H,23,26). The highest BCUT2D eigenvalue weighted by molar-refractivity contribution is 5.90. The second kappa shape index (κ2) is 8.04. The van der Waals surface area contributed by atoms with Gasteiger partial charge in [-0.1, -0.05) is 36.4 Å². The summed E-state index contributed by atoms with van der Waals surface area (Å²) in [5, 5.41) is 2.94. The van der Waals surface area contributed by atoms with Crippen LogP contribution in [-0.2, 0) is 4.79 Å². The number of nitrogens with zero attached hydrogens (tertiary/aromatic N) is 1. The average Bonchev–Trinajstić information content (AvgIpc) is 2.63. The second-order valence-corrected chi connectivity index (χ2v) is 6.84. The van der Waals surface area contributed by atoms with Crippen molar-refractivity contribution in [2.75, 3.05) is 11.9 Å². The molecule has 0 aromatic heterocycles. The van der Waals surface area contributed by atoms with Crippen molar-refractivity contribution >= 4 is 17.6 Å². The summed E-state index contributed by atoms with van der Waals surface area (Å²) in [6.45, 7) is 2.74. The Bertz CT molecular complexity index is 786. The van der Waals surface area contributed by atoms with Gasteiger partial charge in [-0.25, -0.2) is 4.79 Å². The van der Waals surface area contributed by atoms with Crippen LogP contribution in [0.15, 0.2) is 48.5 Å². The SMILES string of the molecule is Cc1ccccc1-c1ccc(NC(=O)N2CCCCC2CC(N)=O)cc1. The monoisotopic (exact) mass is 351 g/mol. The number of hydrogen-bond acceptors (Lipinski definition) is 2. The van der Waals surface area contributed by atoms with Gasteiger partial charge in [0.1, 0.15) is 0 Å². The Balaban J connectivity index is 1.69. The zero-order chi connectivity index (χ0) is 18.5. The Labute approximate surface area is 154 Å². The van der Waals surface area contributed by atoms with Crippen molar-refractivity contribution in [1.29, 1.82) is 0 Å². The minimum Gasteiger partial charge on any atom is -0.370 e. The Morgan fingerprint density at radius 2 is 1.85 bits per heavy atom. The molecule has 3 amide bonds. The third-order valence-electron chi connectivity index (χ3n) is 4.92. The van der Waals surface area contributed by atoms with Crippen LogP contribution in [0.25, 0.3) is 11.1 Å². The smallest absolute Gasteiger partial charge is 0.322 e. The van der Waals surface area contributed by atoms with E-state index in [9.17, 15) is 9.59 Å². The molecule has 1 saturated heterocycles. The van der Waals surface area contributed by atoms with Crippen LogP contribution in [0.4, 0.5) is 10.5 Å². The fraction of sp³-hybridized carbons (Fsp3) is 0.333. The first-order valence-corrected chi connectivity index (χ1v) is 9.06. The van der Waals surface area contributed by atoms with Crippen molar-refractivity contribution in [1.82, 2.24) is 4.90 Å². The van der Waals surface area contributed by atoms with E-state index in [0.717, 1.165) is 30.5 Å². The molecule has 2 aromatic rings. The lowest BCUT2D eigenvalue weighted by molar-refractivity contribution is -0.119. The number of urea groups is 1. The summed E-state index contributed by atoms with van der Waals surface area (Å²) >= 11 is 0. The van der Waals surface area contributed by atoms with Gasteiger partial charge in [0.25, 0.3) is 0 Å². The van der Waals surface area contributed by atoms with Crippen molar-refractivity contribution in [2.24, 2.45) is 5.73 Å². The van der Waals surface area contributed by atoms with Gasteiger partial charge < -0.3 is 16.0 Å². The topological polar surface area (TPSA) is 75.4 Å². The maximum Gasteiger partial charge on any atom is 0.322 e. The summed E-state index contributed by atoms with van der Waals surface area (Å²) < 4.78 is 0. The molecule has 1 aliphatic heterocycles. The molecular weight excluding hydrogens is 326 g/mol. The van der Waals surface area contributed by atoms with Gasteiger partial charge in [0.15, 0.2) is 0 Å². The molecule has 0 aliphatic carbocycles. The number of hydrogen-bond donors (Lipinski definition) is 2. The van der Waals surface area contributed by atoms with Crippen molar-refractivity contribution in [3.8, 4) is 11.1 Å². The Hall–Kier alpha value is -2.82. The van der Waals surface area contributed by atoms with Crippen molar-refractivity contribution in [3.05, 3.63) is 54.1 Å². The van der Waals surface area contributed by atoms with E-state index in [4.69, 9.17) is 5.73 Å². The number of rotatable bonds is 4. The number of piperidine rings is 1. The minimum atomic E-state index is -0.364. The van der Waals surface area contributed by atoms with Crippen LogP contribution >= 0.6 is 0 Å². The molecule has 2 aromatic carbocycles.